The maximum absolute atomic E-state index is 12.8. The summed E-state index contributed by atoms with van der Waals surface area (Å²) in [5, 5.41) is 3.33. The molecule has 5 heteroatoms. The molecule has 1 aliphatic heterocycles. The summed E-state index contributed by atoms with van der Waals surface area (Å²) < 4.78 is 5.15. The smallest absolute Gasteiger partial charge is 0.228 e. The van der Waals surface area contributed by atoms with Gasteiger partial charge in [-0.3, -0.25) is 4.79 Å². The SMILES string of the molecule is COCCN(CCCN(C)C)C(=O)C1(C)CCNCC1. The summed E-state index contributed by atoms with van der Waals surface area (Å²) in [6, 6.07) is 0. The Kier molecular flexibility index (Phi) is 7.48. The highest BCUT2D eigenvalue weighted by atomic mass is 16.5. The lowest BCUT2D eigenvalue weighted by Gasteiger charge is -2.37. The van der Waals surface area contributed by atoms with Gasteiger partial charge in [-0.15, -0.1) is 0 Å². The molecule has 1 amide bonds. The van der Waals surface area contributed by atoms with Gasteiger partial charge in [-0.05, 0) is 53.0 Å². The summed E-state index contributed by atoms with van der Waals surface area (Å²) in [7, 11) is 5.82. The molecule has 1 fully saturated rings. The number of carbonyl (C=O) groups excluding carboxylic acids is 1. The highest BCUT2D eigenvalue weighted by Crippen LogP contribution is 2.30. The van der Waals surface area contributed by atoms with Crippen molar-refractivity contribution in [3.8, 4) is 0 Å². The van der Waals surface area contributed by atoms with E-state index in [4.69, 9.17) is 4.74 Å². The molecule has 118 valence electrons. The summed E-state index contributed by atoms with van der Waals surface area (Å²) in [4.78, 5) is 17.0. The van der Waals surface area contributed by atoms with Crippen LogP contribution in [0.25, 0.3) is 0 Å². The Labute approximate surface area is 123 Å². The molecule has 1 saturated heterocycles. The van der Waals surface area contributed by atoms with Crippen LogP contribution in [0.2, 0.25) is 0 Å². The third-order valence-electron chi connectivity index (χ3n) is 4.11. The largest absolute Gasteiger partial charge is 0.383 e. The van der Waals surface area contributed by atoms with Crippen molar-refractivity contribution in [1.82, 2.24) is 15.1 Å². The van der Waals surface area contributed by atoms with Gasteiger partial charge >= 0.3 is 0 Å². The summed E-state index contributed by atoms with van der Waals surface area (Å²) in [5.41, 5.74) is -0.197. The molecule has 0 atom stereocenters. The van der Waals surface area contributed by atoms with Crippen molar-refractivity contribution in [1.29, 1.82) is 0 Å². The lowest BCUT2D eigenvalue weighted by molar-refractivity contribution is -0.143. The van der Waals surface area contributed by atoms with Gasteiger partial charge in [-0.2, -0.15) is 0 Å². The fourth-order valence-corrected chi connectivity index (χ4v) is 2.67. The highest BCUT2D eigenvalue weighted by Gasteiger charge is 2.37. The number of nitrogens with one attached hydrogen (secondary N) is 1. The maximum atomic E-state index is 12.8. The third kappa shape index (κ3) is 5.38. The minimum absolute atomic E-state index is 0.197. The van der Waals surface area contributed by atoms with E-state index >= 15 is 0 Å². The second-order valence-corrected chi connectivity index (χ2v) is 6.25. The number of ether oxygens (including phenoxy) is 1. The van der Waals surface area contributed by atoms with Gasteiger partial charge in [0, 0.05) is 25.6 Å². The fraction of sp³-hybridized carbons (Fsp3) is 0.933. The van der Waals surface area contributed by atoms with Crippen molar-refractivity contribution in [2.75, 3.05) is 60.5 Å². The zero-order chi connectivity index (χ0) is 15.0. The maximum Gasteiger partial charge on any atom is 0.228 e. The van der Waals surface area contributed by atoms with Crippen molar-refractivity contribution in [2.24, 2.45) is 5.41 Å². The number of carbonyl (C=O) groups is 1. The molecule has 0 unspecified atom stereocenters. The number of piperidine rings is 1. The molecule has 1 heterocycles. The first-order chi connectivity index (χ1) is 9.49. The molecular weight excluding hydrogens is 254 g/mol. The van der Waals surface area contributed by atoms with Crippen LogP contribution in [0.4, 0.5) is 0 Å². The quantitative estimate of drug-likeness (QED) is 0.716. The topological polar surface area (TPSA) is 44.8 Å². The standard InChI is InChI=1S/C15H31N3O2/c1-15(6-8-16-9-7-15)14(19)18(12-13-20-4)11-5-10-17(2)3/h16H,5-13H2,1-4H3. The first-order valence-electron chi connectivity index (χ1n) is 7.63. The van der Waals surface area contributed by atoms with Gasteiger partial charge in [0.05, 0.1) is 6.61 Å². The Morgan fingerprint density at radius 3 is 2.40 bits per heavy atom. The summed E-state index contributed by atoms with van der Waals surface area (Å²) in [6.45, 7) is 7.14. The van der Waals surface area contributed by atoms with Gasteiger partial charge in [-0.1, -0.05) is 6.92 Å². The van der Waals surface area contributed by atoms with Crippen molar-refractivity contribution >= 4 is 5.91 Å². The molecular formula is C15H31N3O2. The van der Waals surface area contributed by atoms with Crippen LogP contribution < -0.4 is 5.32 Å². The zero-order valence-corrected chi connectivity index (χ0v) is 13.6. The van der Waals surface area contributed by atoms with Crippen molar-refractivity contribution < 1.29 is 9.53 Å². The predicted molar refractivity (Wildman–Crippen MR) is 81.8 cm³/mol. The predicted octanol–water partition coefficient (Wildman–Crippen LogP) is 0.803. The first kappa shape index (κ1) is 17.4. The van der Waals surface area contributed by atoms with Gasteiger partial charge in [0.25, 0.3) is 0 Å². The monoisotopic (exact) mass is 285 g/mol. The van der Waals surface area contributed by atoms with Crippen LogP contribution >= 0.6 is 0 Å². The molecule has 0 aliphatic carbocycles. The van der Waals surface area contributed by atoms with Gasteiger partial charge in [0.1, 0.15) is 0 Å². The second-order valence-electron chi connectivity index (χ2n) is 6.25. The van der Waals surface area contributed by atoms with Crippen LogP contribution in [0.1, 0.15) is 26.2 Å². The number of hydrogen-bond acceptors (Lipinski definition) is 4. The van der Waals surface area contributed by atoms with E-state index in [1.807, 2.05) is 4.90 Å². The van der Waals surface area contributed by atoms with Crippen LogP contribution in [0.3, 0.4) is 0 Å². The number of nitrogens with zero attached hydrogens (tertiary/aromatic N) is 2. The van der Waals surface area contributed by atoms with E-state index in [0.29, 0.717) is 19.1 Å². The van der Waals surface area contributed by atoms with Gasteiger partial charge in [0.15, 0.2) is 0 Å². The Morgan fingerprint density at radius 1 is 1.20 bits per heavy atom. The Balaban J connectivity index is 2.57. The van der Waals surface area contributed by atoms with E-state index < -0.39 is 0 Å². The molecule has 0 saturated carbocycles. The van der Waals surface area contributed by atoms with E-state index in [1.54, 1.807) is 7.11 Å². The van der Waals surface area contributed by atoms with Gasteiger partial charge in [-0.25, -0.2) is 0 Å². The molecule has 1 aliphatic rings. The first-order valence-corrected chi connectivity index (χ1v) is 7.63. The molecule has 0 bridgehead atoms. The van der Waals surface area contributed by atoms with Crippen LogP contribution in [0, 0.1) is 5.41 Å². The summed E-state index contributed by atoms with van der Waals surface area (Å²) >= 11 is 0. The fourth-order valence-electron chi connectivity index (χ4n) is 2.67. The van der Waals surface area contributed by atoms with Gasteiger partial charge < -0.3 is 19.9 Å². The van der Waals surface area contributed by atoms with E-state index in [0.717, 1.165) is 45.4 Å². The third-order valence-corrected chi connectivity index (χ3v) is 4.11. The van der Waals surface area contributed by atoms with Crippen LogP contribution in [0.15, 0.2) is 0 Å². The number of amides is 1. The van der Waals surface area contributed by atoms with Crippen LogP contribution in [0.5, 0.6) is 0 Å². The Morgan fingerprint density at radius 2 is 1.85 bits per heavy atom. The molecule has 0 aromatic heterocycles. The van der Waals surface area contributed by atoms with E-state index in [9.17, 15) is 4.79 Å². The molecule has 0 aromatic rings. The highest BCUT2D eigenvalue weighted by molar-refractivity contribution is 5.82. The van der Waals surface area contributed by atoms with Crippen molar-refractivity contribution in [3.63, 3.8) is 0 Å². The second kappa shape index (κ2) is 8.60. The normalized spacial score (nSPS) is 18.2. The summed E-state index contributed by atoms with van der Waals surface area (Å²) in [5.74, 6) is 0.301. The number of rotatable bonds is 8. The van der Waals surface area contributed by atoms with Crippen LogP contribution in [-0.2, 0) is 9.53 Å². The summed E-state index contributed by atoms with van der Waals surface area (Å²) in [6.07, 6.45) is 2.88. The van der Waals surface area contributed by atoms with Crippen molar-refractivity contribution in [3.05, 3.63) is 0 Å². The number of hydrogen-bond donors (Lipinski definition) is 1. The van der Waals surface area contributed by atoms with E-state index in [1.165, 1.54) is 0 Å². The molecule has 20 heavy (non-hydrogen) atoms. The Hall–Kier alpha value is -0.650. The molecule has 1 N–H and O–H groups in total. The average Bonchev–Trinajstić information content (AvgIpc) is 2.42. The molecule has 1 rings (SSSR count). The average molecular weight is 285 g/mol. The number of methoxy groups -OCH3 is 1. The molecule has 0 spiro atoms. The lowest BCUT2D eigenvalue weighted by Crippen LogP contribution is -2.49. The molecule has 0 radical (unpaired) electrons. The van der Waals surface area contributed by atoms with E-state index in [-0.39, 0.29) is 5.41 Å². The zero-order valence-electron chi connectivity index (χ0n) is 13.6. The Bertz CT molecular complexity index is 289. The van der Waals surface area contributed by atoms with Crippen LogP contribution in [-0.4, -0.2) is 76.2 Å². The molecule has 0 aromatic carbocycles. The lowest BCUT2D eigenvalue weighted by atomic mass is 9.79. The minimum atomic E-state index is -0.197. The van der Waals surface area contributed by atoms with Crippen molar-refractivity contribution in [2.45, 2.75) is 26.2 Å². The van der Waals surface area contributed by atoms with Gasteiger partial charge in [0.2, 0.25) is 5.91 Å². The molecule has 5 nitrogen and oxygen atoms in total. The minimum Gasteiger partial charge on any atom is -0.383 e. The van der Waals surface area contributed by atoms with E-state index in [2.05, 4.69) is 31.2 Å².